The Morgan fingerprint density at radius 2 is 1.67 bits per heavy atom. The Balaban J connectivity index is 2.32. The molecule has 1 heteroatoms. The van der Waals surface area contributed by atoms with Crippen LogP contribution in [0.25, 0.3) is 32.7 Å². The quantitative estimate of drug-likeness (QED) is 0.413. The number of rotatable bonds is 0. The molecule has 1 nitrogen and oxygen atoms in total. The van der Waals surface area contributed by atoms with Gasteiger partial charge in [-0.25, -0.2) is 0 Å². The summed E-state index contributed by atoms with van der Waals surface area (Å²) in [7, 11) is 0. The van der Waals surface area contributed by atoms with Gasteiger partial charge in [0.2, 0.25) is 0 Å². The number of benzene rings is 3. The lowest BCUT2D eigenvalue weighted by molar-refractivity contribution is 0.669. The smallest absolute Gasteiger partial charge is 0.136 e. The summed E-state index contributed by atoms with van der Waals surface area (Å²) in [5.41, 5.74) is 3.21. The first-order chi connectivity index (χ1) is 8.83. The maximum Gasteiger partial charge on any atom is 0.136 e. The Morgan fingerprint density at radius 3 is 2.61 bits per heavy atom. The highest BCUT2D eigenvalue weighted by Crippen LogP contribution is 2.34. The molecule has 0 bridgehead atoms. The van der Waals surface area contributed by atoms with E-state index >= 15 is 0 Å². The maximum absolute atomic E-state index is 5.89. The van der Waals surface area contributed by atoms with E-state index in [0.717, 1.165) is 11.2 Å². The molecule has 18 heavy (non-hydrogen) atoms. The van der Waals surface area contributed by atoms with Crippen LogP contribution in [0.2, 0.25) is 0 Å². The molecule has 0 saturated heterocycles. The normalized spacial score (nSPS) is 11.6. The minimum Gasteiger partial charge on any atom is -0.456 e. The summed E-state index contributed by atoms with van der Waals surface area (Å²) in [5.74, 6) is 0. The van der Waals surface area contributed by atoms with Crippen LogP contribution in [0.3, 0.4) is 0 Å². The van der Waals surface area contributed by atoms with Crippen molar-refractivity contribution < 1.29 is 4.42 Å². The van der Waals surface area contributed by atoms with Crippen molar-refractivity contribution in [3.63, 3.8) is 0 Å². The third kappa shape index (κ3) is 1.22. The highest BCUT2D eigenvalue weighted by molar-refractivity contribution is 6.18. The zero-order valence-electron chi connectivity index (χ0n) is 10.1. The fourth-order valence-electron chi connectivity index (χ4n) is 2.67. The van der Waals surface area contributed by atoms with Crippen molar-refractivity contribution in [3.8, 4) is 0 Å². The van der Waals surface area contributed by atoms with Crippen molar-refractivity contribution in [2.24, 2.45) is 0 Å². The minimum absolute atomic E-state index is 0.959. The van der Waals surface area contributed by atoms with Crippen molar-refractivity contribution in [1.29, 1.82) is 0 Å². The molecule has 86 valence electrons. The largest absolute Gasteiger partial charge is 0.456 e. The fraction of sp³-hybridized carbons (Fsp3) is 0.0588. The first-order valence-electron chi connectivity index (χ1n) is 6.13. The van der Waals surface area contributed by atoms with E-state index in [0.29, 0.717) is 0 Å². The number of aryl methyl sites for hydroxylation is 1. The number of fused-ring (bicyclic) bond motifs is 5. The Labute approximate surface area is 105 Å². The molecule has 0 fully saturated rings. The van der Waals surface area contributed by atoms with E-state index in [1.165, 1.54) is 27.1 Å². The molecular weight excluding hydrogens is 220 g/mol. The van der Waals surface area contributed by atoms with E-state index in [4.69, 9.17) is 4.42 Å². The lowest BCUT2D eigenvalue weighted by Gasteiger charge is -2.00. The zero-order chi connectivity index (χ0) is 12.1. The lowest BCUT2D eigenvalue weighted by atomic mass is 10.0. The molecule has 0 spiro atoms. The van der Waals surface area contributed by atoms with Gasteiger partial charge in [0, 0.05) is 10.8 Å². The van der Waals surface area contributed by atoms with Crippen molar-refractivity contribution in [2.45, 2.75) is 6.92 Å². The summed E-state index contributed by atoms with van der Waals surface area (Å²) < 4.78 is 5.89. The number of hydrogen-bond acceptors (Lipinski definition) is 1. The number of hydrogen-bond donors (Lipinski definition) is 0. The molecule has 0 aliphatic carbocycles. The predicted molar refractivity (Wildman–Crippen MR) is 76.0 cm³/mol. The van der Waals surface area contributed by atoms with Gasteiger partial charge in [-0.05, 0) is 29.8 Å². The zero-order valence-corrected chi connectivity index (χ0v) is 10.1. The highest BCUT2D eigenvalue weighted by Gasteiger charge is 2.09. The molecule has 4 aromatic rings. The molecule has 0 aliphatic heterocycles. The summed E-state index contributed by atoms with van der Waals surface area (Å²) in [4.78, 5) is 0. The molecule has 1 aromatic heterocycles. The van der Waals surface area contributed by atoms with E-state index in [-0.39, 0.29) is 0 Å². The van der Waals surface area contributed by atoms with Gasteiger partial charge >= 0.3 is 0 Å². The van der Waals surface area contributed by atoms with Gasteiger partial charge in [0.1, 0.15) is 11.2 Å². The molecule has 0 radical (unpaired) electrons. The van der Waals surface area contributed by atoms with Gasteiger partial charge < -0.3 is 4.42 Å². The molecule has 3 aromatic carbocycles. The fourth-order valence-corrected chi connectivity index (χ4v) is 2.67. The second kappa shape index (κ2) is 3.36. The summed E-state index contributed by atoms with van der Waals surface area (Å²) in [5, 5.41) is 4.96. The Kier molecular flexibility index (Phi) is 1.81. The number of para-hydroxylation sites is 1. The summed E-state index contributed by atoms with van der Waals surface area (Å²) in [6.45, 7) is 2.12. The highest BCUT2D eigenvalue weighted by atomic mass is 16.3. The van der Waals surface area contributed by atoms with Crippen LogP contribution in [0.4, 0.5) is 0 Å². The minimum atomic E-state index is 0.959. The lowest BCUT2D eigenvalue weighted by Crippen LogP contribution is -1.76. The summed E-state index contributed by atoms with van der Waals surface area (Å²) in [6, 6.07) is 19.0. The van der Waals surface area contributed by atoms with Gasteiger partial charge in [-0.15, -0.1) is 0 Å². The first-order valence-corrected chi connectivity index (χ1v) is 6.13. The van der Waals surface area contributed by atoms with E-state index in [2.05, 4.69) is 49.4 Å². The Hall–Kier alpha value is -2.28. The topological polar surface area (TPSA) is 13.1 Å². The van der Waals surface area contributed by atoms with Gasteiger partial charge in [-0.1, -0.05) is 48.0 Å². The average molecular weight is 232 g/mol. The van der Waals surface area contributed by atoms with Gasteiger partial charge in [0.25, 0.3) is 0 Å². The monoisotopic (exact) mass is 232 g/mol. The standard InChI is InChI=1S/C17H12O/c1-11-6-8-13-12(10-11)7-9-16-17(13)14-4-2-3-5-15(14)18-16/h2-10H,1H3. The van der Waals surface area contributed by atoms with Gasteiger partial charge in [-0.3, -0.25) is 0 Å². The van der Waals surface area contributed by atoms with E-state index in [1.54, 1.807) is 0 Å². The maximum atomic E-state index is 5.89. The van der Waals surface area contributed by atoms with Crippen molar-refractivity contribution in [2.75, 3.05) is 0 Å². The van der Waals surface area contributed by atoms with Gasteiger partial charge in [-0.2, -0.15) is 0 Å². The van der Waals surface area contributed by atoms with Crippen LogP contribution in [0.5, 0.6) is 0 Å². The van der Waals surface area contributed by atoms with Crippen LogP contribution >= 0.6 is 0 Å². The predicted octanol–water partition coefficient (Wildman–Crippen LogP) is 5.05. The van der Waals surface area contributed by atoms with Crippen LogP contribution in [0, 0.1) is 6.92 Å². The third-order valence-corrected chi connectivity index (χ3v) is 3.51. The van der Waals surface area contributed by atoms with Crippen LogP contribution in [-0.2, 0) is 0 Å². The second-order valence-corrected chi connectivity index (χ2v) is 4.76. The molecular formula is C17H12O. The van der Waals surface area contributed by atoms with E-state index < -0.39 is 0 Å². The van der Waals surface area contributed by atoms with Crippen molar-refractivity contribution >= 4 is 32.7 Å². The molecule has 0 aliphatic rings. The summed E-state index contributed by atoms with van der Waals surface area (Å²) in [6.07, 6.45) is 0. The molecule has 0 unspecified atom stereocenters. The molecule has 0 saturated carbocycles. The van der Waals surface area contributed by atoms with E-state index in [9.17, 15) is 0 Å². The van der Waals surface area contributed by atoms with Crippen LogP contribution in [-0.4, -0.2) is 0 Å². The van der Waals surface area contributed by atoms with E-state index in [1.807, 2.05) is 12.1 Å². The first kappa shape index (κ1) is 9.72. The summed E-state index contributed by atoms with van der Waals surface area (Å²) >= 11 is 0. The average Bonchev–Trinajstić information content (AvgIpc) is 2.77. The van der Waals surface area contributed by atoms with Gasteiger partial charge in [0.05, 0.1) is 0 Å². The Bertz CT molecular complexity index is 884. The van der Waals surface area contributed by atoms with Crippen LogP contribution in [0.1, 0.15) is 5.56 Å². The van der Waals surface area contributed by atoms with Crippen molar-refractivity contribution in [1.82, 2.24) is 0 Å². The molecule has 0 N–H and O–H groups in total. The molecule has 4 rings (SSSR count). The van der Waals surface area contributed by atoms with Gasteiger partial charge in [0.15, 0.2) is 0 Å². The SMILES string of the molecule is Cc1ccc2c(ccc3oc4ccccc4c32)c1. The Morgan fingerprint density at radius 1 is 0.778 bits per heavy atom. The molecule has 1 heterocycles. The van der Waals surface area contributed by atoms with Crippen LogP contribution in [0.15, 0.2) is 59.0 Å². The van der Waals surface area contributed by atoms with Crippen LogP contribution < -0.4 is 0 Å². The molecule has 0 amide bonds. The number of furan rings is 1. The van der Waals surface area contributed by atoms with Crippen molar-refractivity contribution in [3.05, 3.63) is 60.2 Å². The molecule has 0 atom stereocenters. The third-order valence-electron chi connectivity index (χ3n) is 3.51. The second-order valence-electron chi connectivity index (χ2n) is 4.76.